The molecular weight excluding hydrogens is 362 g/mol. The summed E-state index contributed by atoms with van der Waals surface area (Å²) in [6.07, 6.45) is 0.962. The fourth-order valence-electron chi connectivity index (χ4n) is 1.61. The average Bonchev–Trinajstić information content (AvgIpc) is 2.87. The Morgan fingerprint density at radius 1 is 1.52 bits per heavy atom. The van der Waals surface area contributed by atoms with Crippen LogP contribution in [0.4, 0.5) is 5.69 Å². The second kappa shape index (κ2) is 5.99. The number of hydrogen-bond donors (Lipinski definition) is 0. The van der Waals surface area contributed by atoms with Crippen molar-refractivity contribution in [1.29, 1.82) is 5.26 Å². The van der Waals surface area contributed by atoms with Gasteiger partial charge in [-0.05, 0) is 28.1 Å². The van der Waals surface area contributed by atoms with Crippen molar-refractivity contribution < 1.29 is 9.72 Å². The van der Waals surface area contributed by atoms with E-state index in [-0.39, 0.29) is 17.9 Å². The molecule has 0 saturated carbocycles. The third-order valence-corrected chi connectivity index (χ3v) is 4.23. The zero-order valence-electron chi connectivity index (χ0n) is 10.3. The van der Waals surface area contributed by atoms with Crippen molar-refractivity contribution in [2.45, 2.75) is 6.54 Å². The predicted molar refractivity (Wildman–Crippen MR) is 78.4 cm³/mol. The summed E-state index contributed by atoms with van der Waals surface area (Å²) in [7, 11) is 0. The number of nitriles is 1. The van der Waals surface area contributed by atoms with Crippen molar-refractivity contribution in [2.75, 3.05) is 0 Å². The van der Waals surface area contributed by atoms with E-state index in [1.165, 1.54) is 11.3 Å². The van der Waals surface area contributed by atoms with Crippen LogP contribution in [0, 0.1) is 21.4 Å². The van der Waals surface area contributed by atoms with Gasteiger partial charge < -0.3 is 0 Å². The van der Waals surface area contributed by atoms with Gasteiger partial charge in [-0.3, -0.25) is 24.3 Å². The van der Waals surface area contributed by atoms with Crippen molar-refractivity contribution in [3.63, 3.8) is 0 Å². The summed E-state index contributed by atoms with van der Waals surface area (Å²) in [4.78, 5) is 34.4. The van der Waals surface area contributed by atoms with Gasteiger partial charge in [-0.25, -0.2) is 0 Å². The van der Waals surface area contributed by atoms with E-state index in [1.807, 2.05) is 0 Å². The van der Waals surface area contributed by atoms with Crippen LogP contribution in [0.2, 0.25) is 0 Å². The Morgan fingerprint density at radius 2 is 2.24 bits per heavy atom. The van der Waals surface area contributed by atoms with Crippen LogP contribution in [0.25, 0.3) is 0 Å². The minimum absolute atomic E-state index is 0.359. The Hall–Kier alpha value is -2.31. The Kier molecular flexibility index (Phi) is 4.30. The highest BCUT2D eigenvalue weighted by molar-refractivity contribution is 9.11. The van der Waals surface area contributed by atoms with Gasteiger partial charge >= 0.3 is 0 Å². The summed E-state index contributed by atoms with van der Waals surface area (Å²) in [5, 5.41) is 19.6. The molecule has 0 unspecified atom stereocenters. The summed E-state index contributed by atoms with van der Waals surface area (Å²) >= 11 is 4.41. The number of carbonyl (C=O) groups excluding carboxylic acids is 1. The maximum atomic E-state index is 12.0. The molecule has 0 saturated heterocycles. The van der Waals surface area contributed by atoms with E-state index in [0.717, 1.165) is 20.6 Å². The molecule has 0 aromatic carbocycles. The van der Waals surface area contributed by atoms with E-state index in [1.54, 1.807) is 18.2 Å². The molecule has 7 nitrogen and oxygen atoms in total. The first-order valence-electron chi connectivity index (χ1n) is 5.50. The maximum Gasteiger partial charge on any atom is 0.287 e. The van der Waals surface area contributed by atoms with E-state index in [4.69, 9.17) is 5.26 Å². The maximum absolute atomic E-state index is 12.0. The number of rotatable bonds is 4. The largest absolute Gasteiger partial charge is 0.300 e. The van der Waals surface area contributed by atoms with Crippen LogP contribution < -0.4 is 5.56 Å². The Morgan fingerprint density at radius 3 is 2.76 bits per heavy atom. The topological polar surface area (TPSA) is 106 Å². The van der Waals surface area contributed by atoms with Gasteiger partial charge in [0.25, 0.3) is 11.2 Å². The molecule has 0 aliphatic rings. The number of hydrogen-bond acceptors (Lipinski definition) is 6. The highest BCUT2D eigenvalue weighted by atomic mass is 79.9. The third-order valence-electron chi connectivity index (χ3n) is 2.56. The van der Waals surface area contributed by atoms with Gasteiger partial charge in [0.15, 0.2) is 5.78 Å². The van der Waals surface area contributed by atoms with Crippen molar-refractivity contribution in [2.24, 2.45) is 0 Å². The van der Waals surface area contributed by atoms with Crippen LogP contribution in [0.5, 0.6) is 0 Å². The number of pyridine rings is 1. The fourth-order valence-corrected chi connectivity index (χ4v) is 2.93. The van der Waals surface area contributed by atoms with Crippen LogP contribution in [0.3, 0.4) is 0 Å². The Balaban J connectivity index is 2.42. The first-order valence-corrected chi connectivity index (χ1v) is 7.11. The molecule has 0 bridgehead atoms. The number of aromatic nitrogens is 1. The van der Waals surface area contributed by atoms with E-state index < -0.39 is 16.2 Å². The molecule has 2 aromatic heterocycles. The van der Waals surface area contributed by atoms with Gasteiger partial charge in [-0.2, -0.15) is 5.26 Å². The van der Waals surface area contributed by atoms with Crippen molar-refractivity contribution >= 4 is 38.7 Å². The lowest BCUT2D eigenvalue weighted by Crippen LogP contribution is -2.26. The number of halogens is 1. The van der Waals surface area contributed by atoms with Gasteiger partial charge in [-0.15, -0.1) is 11.3 Å². The quantitative estimate of drug-likeness (QED) is 0.468. The van der Waals surface area contributed by atoms with Crippen molar-refractivity contribution in [3.05, 3.63) is 59.1 Å². The smallest absolute Gasteiger partial charge is 0.287 e. The lowest BCUT2D eigenvalue weighted by atomic mass is 10.2. The summed E-state index contributed by atoms with van der Waals surface area (Å²) in [6.45, 7) is -0.359. The molecule has 9 heteroatoms. The fraction of sp³-hybridized carbons (Fsp3) is 0.0833. The highest BCUT2D eigenvalue weighted by Crippen LogP contribution is 2.22. The molecule has 0 radical (unpaired) electrons. The summed E-state index contributed by atoms with van der Waals surface area (Å²) in [6, 6.07) is 5.77. The zero-order chi connectivity index (χ0) is 15.6. The number of nitrogens with zero attached hydrogens (tertiary/aromatic N) is 3. The number of carbonyl (C=O) groups is 1. The first kappa shape index (κ1) is 15.1. The van der Waals surface area contributed by atoms with E-state index in [9.17, 15) is 19.7 Å². The average molecular weight is 368 g/mol. The Labute approximate surface area is 130 Å². The predicted octanol–water partition coefficient (Wildman–Crippen LogP) is 2.34. The summed E-state index contributed by atoms with van der Waals surface area (Å²) < 4.78 is 1.64. The van der Waals surface area contributed by atoms with Crippen LogP contribution in [-0.2, 0) is 6.54 Å². The third kappa shape index (κ3) is 3.24. The molecule has 2 heterocycles. The lowest BCUT2D eigenvalue weighted by molar-refractivity contribution is -0.385. The van der Waals surface area contributed by atoms with E-state index in [0.29, 0.717) is 4.88 Å². The molecule has 2 rings (SSSR count). The molecule has 0 spiro atoms. The molecule has 0 N–H and O–H groups in total. The lowest BCUT2D eigenvalue weighted by Gasteiger charge is -2.04. The first-order chi connectivity index (χ1) is 9.92. The number of nitro groups is 1. The highest BCUT2D eigenvalue weighted by Gasteiger charge is 2.17. The van der Waals surface area contributed by atoms with Crippen molar-refractivity contribution in [3.8, 4) is 6.07 Å². The van der Waals surface area contributed by atoms with Gasteiger partial charge in [0.2, 0.25) is 0 Å². The summed E-state index contributed by atoms with van der Waals surface area (Å²) in [5.74, 6) is -0.364. The molecule has 0 amide bonds. The standard InChI is InChI=1S/C12H6BrN3O4S/c13-11-2-1-10(21-11)9(17)6-15-5-8(16(19)20)3-7(4-14)12(15)18/h1-3,5H,6H2. The van der Waals surface area contributed by atoms with Gasteiger partial charge in [-0.1, -0.05) is 0 Å². The molecule has 0 atom stereocenters. The second-order valence-electron chi connectivity index (χ2n) is 3.94. The SMILES string of the molecule is N#Cc1cc([N+](=O)[O-])cn(CC(=O)c2ccc(Br)s2)c1=O. The minimum Gasteiger partial charge on any atom is -0.300 e. The molecule has 2 aromatic rings. The molecule has 106 valence electrons. The number of Topliss-reactive ketones (excluding diaryl/α,β-unsaturated/α-hetero) is 1. The number of ketones is 1. The molecular formula is C12H6BrN3O4S. The van der Waals surface area contributed by atoms with Crippen molar-refractivity contribution in [1.82, 2.24) is 4.57 Å². The second-order valence-corrected chi connectivity index (χ2v) is 6.40. The van der Waals surface area contributed by atoms with Crippen LogP contribution in [0.15, 0.2) is 33.0 Å². The molecule has 0 aliphatic carbocycles. The van der Waals surface area contributed by atoms with Crippen LogP contribution in [-0.4, -0.2) is 15.3 Å². The van der Waals surface area contributed by atoms with Gasteiger partial charge in [0, 0.05) is 6.07 Å². The molecule has 0 fully saturated rings. The normalized spacial score (nSPS) is 10.1. The van der Waals surface area contributed by atoms with E-state index in [2.05, 4.69) is 15.9 Å². The van der Waals surface area contributed by atoms with Crippen LogP contribution >= 0.6 is 27.3 Å². The molecule has 0 aliphatic heterocycles. The van der Waals surface area contributed by atoms with Gasteiger partial charge in [0.1, 0.15) is 11.6 Å². The molecule has 21 heavy (non-hydrogen) atoms. The van der Waals surface area contributed by atoms with Gasteiger partial charge in [0.05, 0.1) is 26.3 Å². The van der Waals surface area contributed by atoms with Crippen LogP contribution in [0.1, 0.15) is 15.2 Å². The number of thiophene rings is 1. The Bertz CT molecular complexity index is 834. The van der Waals surface area contributed by atoms with E-state index >= 15 is 0 Å². The zero-order valence-corrected chi connectivity index (χ0v) is 12.7. The summed E-state index contributed by atoms with van der Waals surface area (Å²) in [5.41, 5.74) is -1.51. The minimum atomic E-state index is -0.730. The monoisotopic (exact) mass is 367 g/mol.